The lowest BCUT2D eigenvalue weighted by atomic mass is 9.81. The molecule has 2 rings (SSSR count). The number of nitrogens with zero attached hydrogens (tertiary/aromatic N) is 1. The molecule has 1 atom stereocenters. The van der Waals surface area contributed by atoms with Crippen LogP contribution < -0.4 is 5.73 Å². The molecule has 0 spiro atoms. The summed E-state index contributed by atoms with van der Waals surface area (Å²) in [5, 5.41) is 10.5. The lowest BCUT2D eigenvalue weighted by Gasteiger charge is -2.40. The predicted molar refractivity (Wildman–Crippen MR) is 84.4 cm³/mol. The molecule has 0 saturated carbocycles. The lowest BCUT2D eigenvalue weighted by molar-refractivity contribution is -0.151. The van der Waals surface area contributed by atoms with Crippen LogP contribution in [0.1, 0.15) is 32.3 Å². The summed E-state index contributed by atoms with van der Waals surface area (Å²) in [4.78, 5) is 25.6. The number of hydrogen-bond donors (Lipinski definition) is 2. The van der Waals surface area contributed by atoms with Gasteiger partial charge in [-0.2, -0.15) is 0 Å². The zero-order valence-corrected chi connectivity index (χ0v) is 13.9. The third-order valence-electron chi connectivity index (χ3n) is 4.36. The van der Waals surface area contributed by atoms with Gasteiger partial charge < -0.3 is 15.7 Å². The van der Waals surface area contributed by atoms with E-state index in [1.807, 2.05) is 0 Å². The number of β-amino-alcohol motifs (C(OH)–C–C–N with tert-alkyl or cyclic N) is 1. The summed E-state index contributed by atoms with van der Waals surface area (Å²) in [6, 6.07) is 4.15. The van der Waals surface area contributed by atoms with Crippen molar-refractivity contribution in [3.05, 3.63) is 34.6 Å². The van der Waals surface area contributed by atoms with Crippen LogP contribution in [0.2, 0.25) is 5.02 Å². The van der Waals surface area contributed by atoms with Crippen LogP contribution in [-0.2, 0) is 15.0 Å². The molecular formula is C16H20ClFN2O3. The van der Waals surface area contributed by atoms with Crippen molar-refractivity contribution in [2.75, 3.05) is 13.1 Å². The van der Waals surface area contributed by atoms with E-state index < -0.39 is 22.7 Å². The van der Waals surface area contributed by atoms with Crippen molar-refractivity contribution in [3.63, 3.8) is 0 Å². The van der Waals surface area contributed by atoms with E-state index in [1.54, 1.807) is 13.8 Å². The molecule has 1 aliphatic heterocycles. The SMILES string of the molecule is CC(C)(C(=O)N1CCC[C@](O)(C(N)=O)C1)c1ccc(Cl)cc1F. The Morgan fingerprint density at radius 1 is 1.43 bits per heavy atom. The number of hydrogen-bond acceptors (Lipinski definition) is 3. The normalized spacial score (nSPS) is 22.0. The second-order valence-electron chi connectivity index (χ2n) is 6.48. The van der Waals surface area contributed by atoms with Crippen molar-refractivity contribution in [2.45, 2.75) is 37.7 Å². The van der Waals surface area contributed by atoms with E-state index in [0.29, 0.717) is 13.0 Å². The Hall–Kier alpha value is -1.66. The number of amides is 2. The Balaban J connectivity index is 2.29. The van der Waals surface area contributed by atoms with Crippen LogP contribution in [0.5, 0.6) is 0 Å². The molecule has 1 saturated heterocycles. The summed E-state index contributed by atoms with van der Waals surface area (Å²) < 4.78 is 14.2. The molecule has 23 heavy (non-hydrogen) atoms. The fourth-order valence-electron chi connectivity index (χ4n) is 2.92. The number of carbonyl (C=O) groups excluding carboxylic acids is 2. The molecule has 7 heteroatoms. The number of piperidine rings is 1. The van der Waals surface area contributed by atoms with Gasteiger partial charge in [0.05, 0.1) is 12.0 Å². The number of primary amides is 1. The maximum atomic E-state index is 14.2. The minimum absolute atomic E-state index is 0.181. The number of likely N-dealkylation sites (tertiary alicyclic amines) is 1. The first kappa shape index (κ1) is 17.7. The first-order chi connectivity index (χ1) is 10.6. The molecule has 5 nitrogen and oxygen atoms in total. The fourth-order valence-corrected chi connectivity index (χ4v) is 3.08. The molecule has 0 bridgehead atoms. The van der Waals surface area contributed by atoms with Crippen LogP contribution in [0.25, 0.3) is 0 Å². The van der Waals surface area contributed by atoms with E-state index in [-0.39, 0.29) is 29.5 Å². The molecule has 1 aliphatic rings. The number of benzene rings is 1. The number of carbonyl (C=O) groups is 2. The maximum Gasteiger partial charge on any atom is 0.251 e. The smallest absolute Gasteiger partial charge is 0.251 e. The van der Waals surface area contributed by atoms with Crippen molar-refractivity contribution >= 4 is 23.4 Å². The Bertz CT molecular complexity index is 650. The average molecular weight is 343 g/mol. The molecule has 1 heterocycles. The van der Waals surface area contributed by atoms with E-state index in [0.717, 1.165) is 6.07 Å². The predicted octanol–water partition coefficient (Wildman–Crippen LogP) is 1.60. The molecule has 0 radical (unpaired) electrons. The molecule has 2 amide bonds. The topological polar surface area (TPSA) is 83.6 Å². The van der Waals surface area contributed by atoms with Crippen LogP contribution in [0.3, 0.4) is 0 Å². The van der Waals surface area contributed by atoms with Gasteiger partial charge in [-0.05, 0) is 38.8 Å². The van der Waals surface area contributed by atoms with Crippen LogP contribution in [0, 0.1) is 5.82 Å². The highest BCUT2D eigenvalue weighted by Crippen LogP contribution is 2.32. The van der Waals surface area contributed by atoms with Gasteiger partial charge in [-0.15, -0.1) is 0 Å². The molecule has 0 aliphatic carbocycles. The van der Waals surface area contributed by atoms with Gasteiger partial charge in [-0.25, -0.2) is 4.39 Å². The lowest BCUT2D eigenvalue weighted by Crippen LogP contribution is -2.59. The van der Waals surface area contributed by atoms with E-state index in [1.165, 1.54) is 17.0 Å². The Morgan fingerprint density at radius 2 is 2.09 bits per heavy atom. The summed E-state index contributed by atoms with van der Waals surface area (Å²) in [7, 11) is 0. The molecule has 126 valence electrons. The Morgan fingerprint density at radius 3 is 2.65 bits per heavy atom. The third kappa shape index (κ3) is 3.33. The molecule has 1 aromatic carbocycles. The van der Waals surface area contributed by atoms with Gasteiger partial charge in [-0.3, -0.25) is 9.59 Å². The first-order valence-electron chi connectivity index (χ1n) is 7.35. The van der Waals surface area contributed by atoms with Crippen molar-refractivity contribution in [1.82, 2.24) is 4.90 Å². The molecular weight excluding hydrogens is 323 g/mol. The van der Waals surface area contributed by atoms with Crippen molar-refractivity contribution in [3.8, 4) is 0 Å². The highest BCUT2D eigenvalue weighted by molar-refractivity contribution is 6.30. The van der Waals surface area contributed by atoms with Crippen LogP contribution >= 0.6 is 11.6 Å². The van der Waals surface area contributed by atoms with Gasteiger partial charge in [0.1, 0.15) is 5.82 Å². The first-order valence-corrected chi connectivity index (χ1v) is 7.73. The highest BCUT2D eigenvalue weighted by Gasteiger charge is 2.44. The monoisotopic (exact) mass is 342 g/mol. The molecule has 0 aromatic heterocycles. The fraction of sp³-hybridized carbons (Fsp3) is 0.500. The zero-order valence-electron chi connectivity index (χ0n) is 13.1. The van der Waals surface area contributed by atoms with Gasteiger partial charge in [0, 0.05) is 17.1 Å². The summed E-state index contributed by atoms with van der Waals surface area (Å²) in [6.45, 7) is 3.39. The zero-order chi connectivity index (χ0) is 17.4. The average Bonchev–Trinajstić information content (AvgIpc) is 2.45. The Kier molecular flexibility index (Phi) is 4.69. The summed E-state index contributed by atoms with van der Waals surface area (Å²) in [6.07, 6.45) is 0.659. The minimum Gasteiger partial charge on any atom is -0.378 e. The quantitative estimate of drug-likeness (QED) is 0.875. The van der Waals surface area contributed by atoms with Crippen molar-refractivity contribution < 1.29 is 19.1 Å². The van der Waals surface area contributed by atoms with Gasteiger partial charge >= 0.3 is 0 Å². The number of aliphatic hydroxyl groups is 1. The summed E-state index contributed by atoms with van der Waals surface area (Å²) in [5.74, 6) is -1.80. The Labute approximate surface area is 139 Å². The van der Waals surface area contributed by atoms with E-state index >= 15 is 0 Å². The van der Waals surface area contributed by atoms with Gasteiger partial charge in [0.15, 0.2) is 5.60 Å². The number of halogens is 2. The largest absolute Gasteiger partial charge is 0.378 e. The number of rotatable bonds is 3. The van der Waals surface area contributed by atoms with Crippen LogP contribution in [-0.4, -0.2) is 40.5 Å². The maximum absolute atomic E-state index is 14.2. The van der Waals surface area contributed by atoms with E-state index in [2.05, 4.69) is 0 Å². The van der Waals surface area contributed by atoms with Gasteiger partial charge in [0.25, 0.3) is 5.91 Å². The van der Waals surface area contributed by atoms with Crippen LogP contribution in [0.15, 0.2) is 18.2 Å². The minimum atomic E-state index is -1.73. The number of nitrogens with two attached hydrogens (primary N) is 1. The van der Waals surface area contributed by atoms with Crippen molar-refractivity contribution in [2.24, 2.45) is 5.73 Å². The molecule has 3 N–H and O–H groups in total. The molecule has 0 unspecified atom stereocenters. The van der Waals surface area contributed by atoms with Gasteiger partial charge in [-0.1, -0.05) is 17.7 Å². The highest BCUT2D eigenvalue weighted by atomic mass is 35.5. The third-order valence-corrected chi connectivity index (χ3v) is 4.59. The second kappa shape index (κ2) is 6.09. The molecule has 1 aromatic rings. The second-order valence-corrected chi connectivity index (χ2v) is 6.91. The van der Waals surface area contributed by atoms with Crippen molar-refractivity contribution in [1.29, 1.82) is 0 Å². The van der Waals surface area contributed by atoms with Gasteiger partial charge in [0.2, 0.25) is 5.91 Å². The van der Waals surface area contributed by atoms with E-state index in [4.69, 9.17) is 17.3 Å². The molecule has 1 fully saturated rings. The standard InChI is InChI=1S/C16H20ClFN2O3/c1-15(2,11-5-4-10(17)8-12(11)18)14(22)20-7-3-6-16(23,9-20)13(19)21/h4-5,8,23H,3,6-7,9H2,1-2H3,(H2,19,21)/t16-/m1/s1. The summed E-state index contributed by atoms with van der Waals surface area (Å²) >= 11 is 5.75. The van der Waals surface area contributed by atoms with Crippen LogP contribution in [0.4, 0.5) is 4.39 Å². The summed E-state index contributed by atoms with van der Waals surface area (Å²) in [5.41, 5.74) is 2.54. The van der Waals surface area contributed by atoms with E-state index in [9.17, 15) is 19.1 Å².